The first-order valence-corrected chi connectivity index (χ1v) is 9.00. The van der Waals surface area contributed by atoms with Gasteiger partial charge < -0.3 is 20.5 Å². The van der Waals surface area contributed by atoms with Crippen LogP contribution in [0.2, 0.25) is 0 Å². The Morgan fingerprint density at radius 3 is 2.57 bits per heavy atom. The molecule has 0 spiro atoms. The molecule has 0 radical (unpaired) electrons. The Morgan fingerprint density at radius 2 is 1.71 bits per heavy atom. The molecular formula is C22H20N4O2. The molecule has 0 aliphatic carbocycles. The van der Waals surface area contributed by atoms with Gasteiger partial charge in [-0.15, -0.1) is 0 Å². The second kappa shape index (κ2) is 7.84. The molecule has 0 saturated carbocycles. The summed E-state index contributed by atoms with van der Waals surface area (Å²) in [4.78, 5) is 8.43. The monoisotopic (exact) mass is 372 g/mol. The van der Waals surface area contributed by atoms with E-state index in [-0.39, 0.29) is 0 Å². The van der Waals surface area contributed by atoms with E-state index >= 15 is 0 Å². The molecule has 0 saturated heterocycles. The van der Waals surface area contributed by atoms with Crippen molar-refractivity contribution < 1.29 is 9.47 Å². The van der Waals surface area contributed by atoms with E-state index in [0.717, 1.165) is 22.2 Å². The van der Waals surface area contributed by atoms with Gasteiger partial charge in [0.15, 0.2) is 5.82 Å². The molecule has 3 N–H and O–H groups in total. The number of hydrogen-bond acceptors (Lipinski definition) is 6. The van der Waals surface area contributed by atoms with Gasteiger partial charge in [-0.3, -0.25) is 0 Å². The van der Waals surface area contributed by atoms with Crippen molar-refractivity contribution in [2.45, 2.75) is 6.92 Å². The molecule has 0 amide bonds. The highest BCUT2D eigenvalue weighted by Crippen LogP contribution is 2.34. The van der Waals surface area contributed by atoms with E-state index in [0.29, 0.717) is 29.7 Å². The number of nitrogens with one attached hydrogen (secondary N) is 1. The molecule has 0 aliphatic heterocycles. The molecule has 0 fully saturated rings. The van der Waals surface area contributed by atoms with Crippen LogP contribution < -0.4 is 20.5 Å². The molecule has 28 heavy (non-hydrogen) atoms. The first-order chi connectivity index (χ1) is 13.7. The van der Waals surface area contributed by atoms with Crippen LogP contribution in [0, 0.1) is 0 Å². The molecule has 0 bridgehead atoms. The fourth-order valence-electron chi connectivity index (χ4n) is 2.88. The Bertz CT molecular complexity index is 1110. The number of hydrogen-bond donors (Lipinski definition) is 2. The third-order valence-electron chi connectivity index (χ3n) is 4.22. The number of ether oxygens (including phenoxy) is 2. The maximum atomic E-state index is 6.26. The number of nitrogens with zero attached hydrogens (tertiary/aromatic N) is 2. The summed E-state index contributed by atoms with van der Waals surface area (Å²) < 4.78 is 11.6. The fraction of sp³-hybridized carbons (Fsp3) is 0.0909. The van der Waals surface area contributed by atoms with Crippen molar-refractivity contribution in [1.29, 1.82) is 0 Å². The summed E-state index contributed by atoms with van der Waals surface area (Å²) in [7, 11) is 0. The van der Waals surface area contributed by atoms with Crippen LogP contribution in [0.5, 0.6) is 17.4 Å². The molecule has 0 unspecified atom stereocenters. The van der Waals surface area contributed by atoms with Gasteiger partial charge in [0, 0.05) is 0 Å². The SMILES string of the molecule is CCOc1ccccc1Nc1ncnc(Oc2ccc3ccccc3c2)c1N. The van der Waals surface area contributed by atoms with Crippen LogP contribution in [-0.2, 0) is 0 Å². The summed E-state index contributed by atoms with van der Waals surface area (Å²) in [5.74, 6) is 2.13. The van der Waals surface area contributed by atoms with Crippen LogP contribution in [0.1, 0.15) is 6.92 Å². The zero-order valence-electron chi connectivity index (χ0n) is 15.4. The van der Waals surface area contributed by atoms with Crippen LogP contribution >= 0.6 is 0 Å². The van der Waals surface area contributed by atoms with Crippen molar-refractivity contribution in [1.82, 2.24) is 9.97 Å². The van der Waals surface area contributed by atoms with Gasteiger partial charge in [0.05, 0.1) is 12.3 Å². The van der Waals surface area contributed by atoms with E-state index in [1.54, 1.807) is 0 Å². The van der Waals surface area contributed by atoms with Crippen molar-refractivity contribution in [3.63, 3.8) is 0 Å². The lowest BCUT2D eigenvalue weighted by atomic mass is 10.1. The molecule has 0 aliphatic rings. The van der Waals surface area contributed by atoms with Gasteiger partial charge in [0.2, 0.25) is 5.88 Å². The van der Waals surface area contributed by atoms with E-state index in [9.17, 15) is 0 Å². The minimum absolute atomic E-state index is 0.293. The van der Waals surface area contributed by atoms with Gasteiger partial charge in [0.25, 0.3) is 0 Å². The minimum Gasteiger partial charge on any atom is -0.492 e. The standard InChI is InChI=1S/C22H20N4O2/c1-2-27-19-10-6-5-9-18(19)26-21-20(23)22(25-14-24-21)28-17-12-11-15-7-3-4-8-16(15)13-17/h3-14H,2,23H2,1H3,(H,24,25,26). The second-order valence-electron chi connectivity index (χ2n) is 6.11. The fourth-order valence-corrected chi connectivity index (χ4v) is 2.88. The van der Waals surface area contributed by atoms with Crippen LogP contribution in [-0.4, -0.2) is 16.6 Å². The summed E-state index contributed by atoms with van der Waals surface area (Å²) in [6, 6.07) is 21.5. The zero-order valence-corrected chi connectivity index (χ0v) is 15.4. The Morgan fingerprint density at radius 1 is 0.929 bits per heavy atom. The molecule has 4 rings (SSSR count). The third-order valence-corrected chi connectivity index (χ3v) is 4.22. The zero-order chi connectivity index (χ0) is 19.3. The first kappa shape index (κ1) is 17.6. The second-order valence-corrected chi connectivity index (χ2v) is 6.11. The van der Waals surface area contributed by atoms with Crippen LogP contribution in [0.4, 0.5) is 17.2 Å². The molecule has 0 atom stereocenters. The van der Waals surface area contributed by atoms with Crippen molar-refractivity contribution >= 4 is 28.0 Å². The van der Waals surface area contributed by atoms with E-state index in [2.05, 4.69) is 21.4 Å². The Kier molecular flexibility index (Phi) is 4.93. The van der Waals surface area contributed by atoms with Gasteiger partial charge in [-0.05, 0) is 42.0 Å². The first-order valence-electron chi connectivity index (χ1n) is 9.00. The van der Waals surface area contributed by atoms with Crippen molar-refractivity contribution in [2.75, 3.05) is 17.7 Å². The number of fused-ring (bicyclic) bond motifs is 1. The van der Waals surface area contributed by atoms with Crippen molar-refractivity contribution in [2.24, 2.45) is 0 Å². The number of para-hydroxylation sites is 2. The van der Waals surface area contributed by atoms with Crippen molar-refractivity contribution in [3.05, 3.63) is 73.1 Å². The molecule has 1 aromatic heterocycles. The highest BCUT2D eigenvalue weighted by molar-refractivity contribution is 5.84. The van der Waals surface area contributed by atoms with Crippen LogP contribution in [0.15, 0.2) is 73.1 Å². The summed E-state index contributed by atoms with van der Waals surface area (Å²) in [5, 5.41) is 5.42. The third kappa shape index (κ3) is 3.66. The van der Waals surface area contributed by atoms with Crippen molar-refractivity contribution in [3.8, 4) is 17.4 Å². The molecule has 6 heteroatoms. The van der Waals surface area contributed by atoms with E-state index in [4.69, 9.17) is 15.2 Å². The van der Waals surface area contributed by atoms with Crippen LogP contribution in [0.25, 0.3) is 10.8 Å². The smallest absolute Gasteiger partial charge is 0.248 e. The predicted octanol–water partition coefficient (Wildman–Crippen LogP) is 5.15. The van der Waals surface area contributed by atoms with Gasteiger partial charge in [-0.2, -0.15) is 4.98 Å². The molecule has 4 aromatic rings. The lowest BCUT2D eigenvalue weighted by Crippen LogP contribution is -2.04. The largest absolute Gasteiger partial charge is 0.492 e. The average molecular weight is 372 g/mol. The number of anilines is 3. The Labute approximate surface area is 163 Å². The highest BCUT2D eigenvalue weighted by Gasteiger charge is 2.13. The van der Waals surface area contributed by atoms with Gasteiger partial charge in [-0.1, -0.05) is 42.5 Å². The number of nitrogens with two attached hydrogens (primary N) is 1. The molecule has 3 aromatic carbocycles. The number of rotatable bonds is 6. The molecular weight excluding hydrogens is 352 g/mol. The molecule has 6 nitrogen and oxygen atoms in total. The normalized spacial score (nSPS) is 10.6. The summed E-state index contributed by atoms with van der Waals surface area (Å²) in [6.45, 7) is 2.50. The van der Waals surface area contributed by atoms with Gasteiger partial charge >= 0.3 is 0 Å². The number of benzene rings is 3. The lowest BCUT2D eigenvalue weighted by molar-refractivity contribution is 0.342. The molecule has 140 valence electrons. The number of nitrogen functional groups attached to an aromatic ring is 1. The van der Waals surface area contributed by atoms with Crippen LogP contribution in [0.3, 0.4) is 0 Å². The Hall–Kier alpha value is -3.80. The highest BCUT2D eigenvalue weighted by atomic mass is 16.5. The maximum absolute atomic E-state index is 6.26. The average Bonchev–Trinajstić information content (AvgIpc) is 2.72. The summed E-state index contributed by atoms with van der Waals surface area (Å²) in [5.41, 5.74) is 7.35. The number of aromatic nitrogens is 2. The summed E-state index contributed by atoms with van der Waals surface area (Å²) >= 11 is 0. The lowest BCUT2D eigenvalue weighted by Gasteiger charge is -2.14. The van der Waals surface area contributed by atoms with Gasteiger partial charge in [-0.25, -0.2) is 4.98 Å². The van der Waals surface area contributed by atoms with E-state index in [1.807, 2.05) is 67.6 Å². The van der Waals surface area contributed by atoms with E-state index < -0.39 is 0 Å². The topological polar surface area (TPSA) is 82.3 Å². The summed E-state index contributed by atoms with van der Waals surface area (Å²) in [6.07, 6.45) is 1.42. The quantitative estimate of drug-likeness (QED) is 0.487. The Balaban J connectivity index is 1.61. The van der Waals surface area contributed by atoms with Gasteiger partial charge in [0.1, 0.15) is 23.5 Å². The molecule has 1 heterocycles. The predicted molar refractivity (Wildman–Crippen MR) is 111 cm³/mol. The minimum atomic E-state index is 0.293. The maximum Gasteiger partial charge on any atom is 0.248 e. The van der Waals surface area contributed by atoms with E-state index in [1.165, 1.54) is 6.33 Å².